The molecule has 14 heavy (non-hydrogen) atoms. The van der Waals surface area contributed by atoms with Gasteiger partial charge in [0.2, 0.25) is 0 Å². The van der Waals surface area contributed by atoms with Crippen LogP contribution in [0, 0.1) is 2.88 Å². The summed E-state index contributed by atoms with van der Waals surface area (Å²) >= 11 is 5.92. The summed E-state index contributed by atoms with van der Waals surface area (Å²) in [5, 5.41) is 1.31. The van der Waals surface area contributed by atoms with E-state index in [0.717, 1.165) is 5.75 Å². The molecule has 0 bridgehead atoms. The Morgan fingerprint density at radius 3 is 2.86 bits per heavy atom. The molecule has 2 aromatic rings. The molecule has 74 valence electrons. The largest absolute Gasteiger partial charge is 0.496 e. The monoisotopic (exact) mass is 336 g/mol. The summed E-state index contributed by atoms with van der Waals surface area (Å²) < 4.78 is 7.99. The molecule has 1 aromatic carbocycles. The minimum atomic E-state index is 0.971. The molecule has 1 heterocycles. The predicted molar refractivity (Wildman–Crippen MR) is 72.9 cm³/mol. The molecule has 0 saturated carbocycles. The Bertz CT molecular complexity index is 464. The minimum Gasteiger partial charge on any atom is -0.496 e. The van der Waals surface area contributed by atoms with E-state index in [1.54, 1.807) is 18.9 Å². The van der Waals surface area contributed by atoms with Gasteiger partial charge in [0.15, 0.2) is 0 Å². The average molecular weight is 336 g/mol. The number of hydrogen-bond donors (Lipinski definition) is 0. The number of ether oxygens (including phenoxy) is 1. The van der Waals surface area contributed by atoms with E-state index in [2.05, 4.69) is 41.0 Å². The molecule has 0 unspecified atom stereocenters. The quantitative estimate of drug-likeness (QED) is 0.599. The van der Waals surface area contributed by atoms with Crippen molar-refractivity contribution in [1.29, 1.82) is 0 Å². The van der Waals surface area contributed by atoms with Crippen molar-refractivity contribution in [3.63, 3.8) is 0 Å². The Kier molecular flexibility index (Phi) is 3.23. The Hall–Kier alpha value is 0.0600. The number of methoxy groups -OCH3 is 1. The number of rotatable bonds is 2. The van der Waals surface area contributed by atoms with Gasteiger partial charge >= 0.3 is 0 Å². The van der Waals surface area contributed by atoms with Crippen molar-refractivity contribution in [3.05, 3.63) is 21.1 Å². The van der Waals surface area contributed by atoms with Crippen LogP contribution in [0.1, 0.15) is 0 Å². The zero-order valence-corrected chi connectivity index (χ0v) is 11.6. The molecular weight excluding hydrogens is 327 g/mol. The topological polar surface area (TPSA) is 9.23 Å². The number of benzene rings is 1. The second-order valence-corrected chi connectivity index (χ2v) is 6.56. The van der Waals surface area contributed by atoms with Crippen molar-refractivity contribution in [3.8, 4) is 5.75 Å². The maximum Gasteiger partial charge on any atom is 0.133 e. The number of hydrogen-bond acceptors (Lipinski definition) is 3. The molecule has 0 amide bonds. The standard InChI is InChI=1S/C10H9IOS2/c1-12-7-3-4-8-6(10(7)13-2)5-9(11)14-8/h3-5H,1-2H3. The van der Waals surface area contributed by atoms with Gasteiger partial charge in [-0.05, 0) is 47.0 Å². The third-order valence-corrected chi connectivity index (χ3v) is 4.70. The van der Waals surface area contributed by atoms with Crippen LogP contribution in [0.2, 0.25) is 0 Å². The van der Waals surface area contributed by atoms with E-state index in [1.807, 2.05) is 17.4 Å². The first-order chi connectivity index (χ1) is 6.76. The molecule has 0 atom stereocenters. The molecule has 0 aliphatic heterocycles. The highest BCUT2D eigenvalue weighted by molar-refractivity contribution is 14.1. The van der Waals surface area contributed by atoms with Gasteiger partial charge in [-0.2, -0.15) is 0 Å². The Balaban J connectivity index is 2.75. The van der Waals surface area contributed by atoms with Gasteiger partial charge in [-0.15, -0.1) is 23.1 Å². The van der Waals surface area contributed by atoms with Crippen LogP contribution >= 0.6 is 45.7 Å². The van der Waals surface area contributed by atoms with E-state index in [-0.39, 0.29) is 0 Å². The average Bonchev–Trinajstić information content (AvgIpc) is 2.56. The van der Waals surface area contributed by atoms with Crippen LogP contribution < -0.4 is 4.74 Å². The zero-order valence-electron chi connectivity index (χ0n) is 7.83. The van der Waals surface area contributed by atoms with Gasteiger partial charge in [0.25, 0.3) is 0 Å². The summed E-state index contributed by atoms with van der Waals surface area (Å²) in [6.45, 7) is 0. The molecule has 1 aromatic heterocycles. The van der Waals surface area contributed by atoms with Gasteiger partial charge < -0.3 is 4.74 Å². The molecule has 0 spiro atoms. The second kappa shape index (κ2) is 4.28. The van der Waals surface area contributed by atoms with Crippen LogP contribution in [0.5, 0.6) is 5.75 Å². The maximum absolute atomic E-state index is 5.33. The van der Waals surface area contributed by atoms with Gasteiger partial charge in [-0.25, -0.2) is 0 Å². The van der Waals surface area contributed by atoms with Crippen LogP contribution in [-0.4, -0.2) is 13.4 Å². The van der Waals surface area contributed by atoms with Crippen molar-refractivity contribution >= 4 is 55.8 Å². The number of fused-ring (bicyclic) bond motifs is 1. The lowest BCUT2D eigenvalue weighted by molar-refractivity contribution is 0.406. The normalized spacial score (nSPS) is 10.8. The third-order valence-electron chi connectivity index (χ3n) is 2.01. The van der Waals surface area contributed by atoms with Crippen LogP contribution in [0.4, 0.5) is 0 Å². The lowest BCUT2D eigenvalue weighted by Crippen LogP contribution is -1.85. The number of thioether (sulfide) groups is 1. The first-order valence-electron chi connectivity index (χ1n) is 4.06. The SMILES string of the molecule is COc1ccc2sc(I)cc2c1SC. The second-order valence-electron chi connectivity index (χ2n) is 2.76. The van der Waals surface area contributed by atoms with Gasteiger partial charge in [0.1, 0.15) is 5.75 Å². The highest BCUT2D eigenvalue weighted by Gasteiger charge is 2.09. The van der Waals surface area contributed by atoms with E-state index in [4.69, 9.17) is 4.74 Å². The molecule has 1 nitrogen and oxygen atoms in total. The molecule has 0 saturated heterocycles. The fourth-order valence-electron chi connectivity index (χ4n) is 1.41. The van der Waals surface area contributed by atoms with E-state index < -0.39 is 0 Å². The molecule has 0 aliphatic carbocycles. The van der Waals surface area contributed by atoms with Gasteiger partial charge in [0, 0.05) is 10.1 Å². The first kappa shape index (κ1) is 10.6. The smallest absolute Gasteiger partial charge is 0.133 e. The van der Waals surface area contributed by atoms with Crippen molar-refractivity contribution < 1.29 is 4.74 Å². The van der Waals surface area contributed by atoms with Gasteiger partial charge in [-0.3, -0.25) is 0 Å². The van der Waals surface area contributed by atoms with Crippen molar-refractivity contribution in [1.82, 2.24) is 0 Å². The summed E-state index contributed by atoms with van der Waals surface area (Å²) in [5.41, 5.74) is 0. The summed E-state index contributed by atoms with van der Waals surface area (Å²) in [6.07, 6.45) is 2.09. The van der Waals surface area contributed by atoms with Crippen LogP contribution in [0.25, 0.3) is 10.1 Å². The third kappa shape index (κ3) is 1.75. The Morgan fingerprint density at radius 2 is 2.21 bits per heavy atom. The predicted octanol–water partition coefficient (Wildman–Crippen LogP) is 4.24. The summed E-state index contributed by atoms with van der Waals surface area (Å²) in [7, 11) is 1.72. The van der Waals surface area contributed by atoms with E-state index >= 15 is 0 Å². The molecule has 0 aliphatic rings. The minimum absolute atomic E-state index is 0.971. The van der Waals surface area contributed by atoms with Crippen LogP contribution in [0.3, 0.4) is 0 Å². The van der Waals surface area contributed by atoms with Crippen molar-refractivity contribution in [2.75, 3.05) is 13.4 Å². The molecule has 4 heteroatoms. The number of thiophene rings is 1. The Morgan fingerprint density at radius 1 is 1.43 bits per heavy atom. The van der Waals surface area contributed by atoms with Crippen LogP contribution in [0.15, 0.2) is 23.1 Å². The van der Waals surface area contributed by atoms with Gasteiger partial charge in [0.05, 0.1) is 14.9 Å². The lowest BCUT2D eigenvalue weighted by atomic mass is 10.2. The fourth-order valence-corrected chi connectivity index (χ4v) is 4.03. The summed E-state index contributed by atoms with van der Waals surface area (Å²) in [5.74, 6) is 0.971. The summed E-state index contributed by atoms with van der Waals surface area (Å²) in [4.78, 5) is 1.24. The molecule has 0 N–H and O–H groups in total. The maximum atomic E-state index is 5.33. The highest BCUT2D eigenvalue weighted by atomic mass is 127. The fraction of sp³-hybridized carbons (Fsp3) is 0.200. The zero-order chi connectivity index (χ0) is 10.1. The lowest BCUT2D eigenvalue weighted by Gasteiger charge is -2.06. The Labute approximate surface area is 105 Å². The van der Waals surface area contributed by atoms with E-state index in [9.17, 15) is 0 Å². The van der Waals surface area contributed by atoms with Crippen molar-refractivity contribution in [2.24, 2.45) is 0 Å². The summed E-state index contributed by atoms with van der Waals surface area (Å²) in [6, 6.07) is 6.39. The van der Waals surface area contributed by atoms with E-state index in [0.29, 0.717) is 0 Å². The van der Waals surface area contributed by atoms with Crippen LogP contribution in [-0.2, 0) is 0 Å². The van der Waals surface area contributed by atoms with Gasteiger partial charge in [-0.1, -0.05) is 0 Å². The van der Waals surface area contributed by atoms with E-state index in [1.165, 1.54) is 17.9 Å². The first-order valence-corrected chi connectivity index (χ1v) is 7.18. The molecule has 0 radical (unpaired) electrons. The van der Waals surface area contributed by atoms with Crippen molar-refractivity contribution in [2.45, 2.75) is 4.90 Å². The highest BCUT2D eigenvalue weighted by Crippen LogP contribution is 2.39. The number of halogens is 1. The molecule has 0 fully saturated rings. The molecule has 2 rings (SSSR count). The molecular formula is C10H9IOS2.